The SMILES string of the molecule is CN(CCCCCN)C(=O)Cc1cccc2ccccc12. The minimum Gasteiger partial charge on any atom is -0.345 e. The first kappa shape index (κ1) is 15.5. The summed E-state index contributed by atoms with van der Waals surface area (Å²) in [6.07, 6.45) is 3.61. The summed E-state index contributed by atoms with van der Waals surface area (Å²) in [5, 5.41) is 2.36. The number of hydrogen-bond acceptors (Lipinski definition) is 2. The monoisotopic (exact) mass is 284 g/mol. The number of benzene rings is 2. The van der Waals surface area contributed by atoms with Crippen LogP contribution in [-0.2, 0) is 11.2 Å². The zero-order chi connectivity index (χ0) is 15.1. The van der Waals surface area contributed by atoms with E-state index in [9.17, 15) is 4.79 Å². The van der Waals surface area contributed by atoms with Crippen molar-refractivity contribution in [3.8, 4) is 0 Å². The number of carbonyl (C=O) groups is 1. The molecule has 0 spiro atoms. The van der Waals surface area contributed by atoms with Gasteiger partial charge in [-0.3, -0.25) is 4.79 Å². The first-order valence-electron chi connectivity index (χ1n) is 7.63. The molecule has 0 aliphatic carbocycles. The van der Waals surface area contributed by atoms with E-state index in [0.717, 1.165) is 37.9 Å². The molecule has 0 saturated carbocycles. The lowest BCUT2D eigenvalue weighted by Gasteiger charge is -2.17. The predicted octanol–water partition coefficient (Wildman–Crippen LogP) is 2.97. The van der Waals surface area contributed by atoms with Gasteiger partial charge in [-0.15, -0.1) is 0 Å². The van der Waals surface area contributed by atoms with Crippen molar-refractivity contribution < 1.29 is 4.79 Å². The second-order valence-electron chi connectivity index (χ2n) is 5.48. The number of fused-ring (bicyclic) bond motifs is 1. The highest BCUT2D eigenvalue weighted by Crippen LogP contribution is 2.19. The largest absolute Gasteiger partial charge is 0.345 e. The van der Waals surface area contributed by atoms with Gasteiger partial charge in [0.05, 0.1) is 6.42 Å². The molecule has 0 fully saturated rings. The van der Waals surface area contributed by atoms with Crippen LogP contribution in [0.5, 0.6) is 0 Å². The van der Waals surface area contributed by atoms with Crippen molar-refractivity contribution in [1.82, 2.24) is 4.90 Å². The van der Waals surface area contributed by atoms with Gasteiger partial charge in [0, 0.05) is 13.6 Å². The van der Waals surface area contributed by atoms with Gasteiger partial charge in [-0.1, -0.05) is 48.9 Å². The molecule has 0 unspecified atom stereocenters. The van der Waals surface area contributed by atoms with Crippen molar-refractivity contribution >= 4 is 16.7 Å². The summed E-state index contributed by atoms with van der Waals surface area (Å²) < 4.78 is 0. The summed E-state index contributed by atoms with van der Waals surface area (Å²) in [5.74, 6) is 0.180. The van der Waals surface area contributed by atoms with Gasteiger partial charge in [0.2, 0.25) is 5.91 Å². The van der Waals surface area contributed by atoms with Crippen LogP contribution >= 0.6 is 0 Å². The van der Waals surface area contributed by atoms with Crippen LogP contribution in [0.3, 0.4) is 0 Å². The van der Waals surface area contributed by atoms with E-state index in [1.54, 1.807) is 0 Å². The zero-order valence-electron chi connectivity index (χ0n) is 12.7. The lowest BCUT2D eigenvalue weighted by Crippen LogP contribution is -2.29. The minimum atomic E-state index is 0.180. The second-order valence-corrected chi connectivity index (χ2v) is 5.48. The van der Waals surface area contributed by atoms with E-state index in [1.807, 2.05) is 36.2 Å². The van der Waals surface area contributed by atoms with Crippen molar-refractivity contribution in [2.45, 2.75) is 25.7 Å². The van der Waals surface area contributed by atoms with Crippen LogP contribution in [0.4, 0.5) is 0 Å². The molecule has 0 bridgehead atoms. The van der Waals surface area contributed by atoms with E-state index >= 15 is 0 Å². The topological polar surface area (TPSA) is 46.3 Å². The highest BCUT2D eigenvalue weighted by molar-refractivity contribution is 5.90. The van der Waals surface area contributed by atoms with Gasteiger partial charge < -0.3 is 10.6 Å². The number of amides is 1. The number of likely N-dealkylation sites (N-methyl/N-ethyl adjacent to an activating group) is 1. The Bertz CT molecular complexity index is 589. The van der Waals surface area contributed by atoms with Crippen LogP contribution in [0.15, 0.2) is 42.5 Å². The maximum atomic E-state index is 12.3. The van der Waals surface area contributed by atoms with Crippen molar-refractivity contribution in [2.75, 3.05) is 20.1 Å². The molecule has 21 heavy (non-hydrogen) atoms. The molecule has 0 aliphatic rings. The molecular weight excluding hydrogens is 260 g/mol. The van der Waals surface area contributed by atoms with Gasteiger partial charge in [0.15, 0.2) is 0 Å². The van der Waals surface area contributed by atoms with Crippen molar-refractivity contribution in [3.05, 3.63) is 48.0 Å². The smallest absolute Gasteiger partial charge is 0.226 e. The molecule has 0 radical (unpaired) electrons. The van der Waals surface area contributed by atoms with Gasteiger partial charge in [-0.25, -0.2) is 0 Å². The average Bonchev–Trinajstić information content (AvgIpc) is 2.51. The fraction of sp³-hybridized carbons (Fsp3) is 0.389. The molecule has 0 saturated heterocycles. The van der Waals surface area contributed by atoms with Crippen LogP contribution in [0.1, 0.15) is 24.8 Å². The standard InChI is InChI=1S/C18H24N2O/c1-20(13-6-2-5-12-19)18(21)14-16-10-7-9-15-8-3-4-11-17(15)16/h3-4,7-11H,2,5-6,12-14,19H2,1H3. The summed E-state index contributed by atoms with van der Waals surface area (Å²) in [5.41, 5.74) is 6.58. The number of carbonyl (C=O) groups excluding carboxylic acids is 1. The molecule has 112 valence electrons. The summed E-state index contributed by atoms with van der Waals surface area (Å²) in [6.45, 7) is 1.54. The Labute approximate surface area is 126 Å². The molecule has 2 N–H and O–H groups in total. The van der Waals surface area contributed by atoms with Crippen LogP contribution in [0.25, 0.3) is 10.8 Å². The summed E-state index contributed by atoms with van der Waals surface area (Å²) in [6, 6.07) is 14.4. The predicted molar refractivity (Wildman–Crippen MR) is 88.2 cm³/mol. The van der Waals surface area contributed by atoms with E-state index in [4.69, 9.17) is 5.73 Å². The molecule has 0 heterocycles. The lowest BCUT2D eigenvalue weighted by molar-refractivity contribution is -0.129. The Morgan fingerprint density at radius 3 is 2.62 bits per heavy atom. The van der Waals surface area contributed by atoms with E-state index < -0.39 is 0 Å². The molecule has 0 atom stereocenters. The molecule has 3 heteroatoms. The number of unbranched alkanes of at least 4 members (excludes halogenated alkanes) is 2. The van der Waals surface area contributed by atoms with E-state index in [1.165, 1.54) is 10.8 Å². The molecule has 2 aromatic rings. The second kappa shape index (κ2) is 7.79. The number of hydrogen-bond donors (Lipinski definition) is 1. The third-order valence-electron chi connectivity index (χ3n) is 3.85. The third-order valence-corrected chi connectivity index (χ3v) is 3.85. The van der Waals surface area contributed by atoms with Crippen LogP contribution in [0, 0.1) is 0 Å². The Morgan fingerprint density at radius 1 is 1.05 bits per heavy atom. The van der Waals surface area contributed by atoms with Crippen LogP contribution < -0.4 is 5.73 Å². The molecule has 1 amide bonds. The van der Waals surface area contributed by atoms with Gasteiger partial charge >= 0.3 is 0 Å². The Kier molecular flexibility index (Phi) is 5.76. The molecular formula is C18H24N2O. The summed E-state index contributed by atoms with van der Waals surface area (Å²) >= 11 is 0. The summed E-state index contributed by atoms with van der Waals surface area (Å²) in [7, 11) is 1.88. The number of nitrogens with two attached hydrogens (primary N) is 1. The molecule has 3 nitrogen and oxygen atoms in total. The third kappa shape index (κ3) is 4.30. The molecule has 0 aliphatic heterocycles. The first-order chi connectivity index (χ1) is 10.2. The first-order valence-corrected chi connectivity index (χ1v) is 7.63. The zero-order valence-corrected chi connectivity index (χ0v) is 12.7. The minimum absolute atomic E-state index is 0.180. The normalized spacial score (nSPS) is 10.8. The molecule has 2 rings (SSSR count). The van der Waals surface area contributed by atoms with Crippen molar-refractivity contribution in [2.24, 2.45) is 5.73 Å². The maximum Gasteiger partial charge on any atom is 0.226 e. The van der Waals surface area contributed by atoms with Gasteiger partial charge in [-0.05, 0) is 35.7 Å². The van der Waals surface area contributed by atoms with E-state index in [-0.39, 0.29) is 5.91 Å². The van der Waals surface area contributed by atoms with Gasteiger partial charge in [0.1, 0.15) is 0 Å². The van der Waals surface area contributed by atoms with E-state index in [2.05, 4.69) is 18.2 Å². The van der Waals surface area contributed by atoms with E-state index in [0.29, 0.717) is 6.42 Å². The number of nitrogens with zero attached hydrogens (tertiary/aromatic N) is 1. The van der Waals surface area contributed by atoms with Gasteiger partial charge in [-0.2, -0.15) is 0 Å². The van der Waals surface area contributed by atoms with Crippen LogP contribution in [-0.4, -0.2) is 30.9 Å². The molecule has 2 aromatic carbocycles. The lowest BCUT2D eigenvalue weighted by atomic mass is 10.0. The number of rotatable bonds is 7. The fourth-order valence-corrected chi connectivity index (χ4v) is 2.54. The van der Waals surface area contributed by atoms with Crippen molar-refractivity contribution in [1.29, 1.82) is 0 Å². The van der Waals surface area contributed by atoms with Gasteiger partial charge in [0.25, 0.3) is 0 Å². The Balaban J connectivity index is 1.98. The molecule has 0 aromatic heterocycles. The highest BCUT2D eigenvalue weighted by atomic mass is 16.2. The highest BCUT2D eigenvalue weighted by Gasteiger charge is 2.11. The Morgan fingerprint density at radius 2 is 1.81 bits per heavy atom. The Hall–Kier alpha value is -1.87. The van der Waals surface area contributed by atoms with Crippen LogP contribution in [0.2, 0.25) is 0 Å². The fourth-order valence-electron chi connectivity index (χ4n) is 2.54. The maximum absolute atomic E-state index is 12.3. The quantitative estimate of drug-likeness (QED) is 0.795. The summed E-state index contributed by atoms with van der Waals surface area (Å²) in [4.78, 5) is 14.2. The van der Waals surface area contributed by atoms with Crippen molar-refractivity contribution in [3.63, 3.8) is 0 Å². The average molecular weight is 284 g/mol.